The van der Waals surface area contributed by atoms with E-state index in [1.165, 1.54) is 16.8 Å². The predicted octanol–water partition coefficient (Wildman–Crippen LogP) is 5.62. The lowest BCUT2D eigenvalue weighted by atomic mass is 9.98. The van der Waals surface area contributed by atoms with Gasteiger partial charge < -0.3 is 14.0 Å². The van der Waals surface area contributed by atoms with Gasteiger partial charge in [0.15, 0.2) is 11.5 Å². The van der Waals surface area contributed by atoms with Gasteiger partial charge in [0.05, 0.1) is 20.3 Å². The molecule has 0 N–H and O–H groups in total. The van der Waals surface area contributed by atoms with E-state index in [-0.39, 0.29) is 6.04 Å². The Kier molecular flexibility index (Phi) is 6.14. The molecule has 1 aliphatic rings. The summed E-state index contributed by atoms with van der Waals surface area (Å²) >= 11 is 0. The Morgan fingerprint density at radius 1 is 0.933 bits per heavy atom. The zero-order chi connectivity index (χ0) is 21.1. The molecule has 1 aromatic heterocycles. The zero-order valence-electron chi connectivity index (χ0n) is 18.5. The maximum atomic E-state index is 5.83. The summed E-state index contributed by atoms with van der Waals surface area (Å²) in [6, 6.07) is 19.8. The Hall–Kier alpha value is -2.72. The highest BCUT2D eigenvalue weighted by molar-refractivity contribution is 5.50. The molecule has 2 heterocycles. The van der Waals surface area contributed by atoms with Crippen LogP contribution >= 0.6 is 0 Å². The smallest absolute Gasteiger partial charge is 0.165 e. The van der Waals surface area contributed by atoms with E-state index in [0.717, 1.165) is 43.1 Å². The minimum absolute atomic E-state index is 0.109. The van der Waals surface area contributed by atoms with Gasteiger partial charge in [0.25, 0.3) is 0 Å². The summed E-state index contributed by atoms with van der Waals surface area (Å²) in [5, 5.41) is 0. The minimum atomic E-state index is 0.109. The van der Waals surface area contributed by atoms with Crippen LogP contribution in [0.15, 0.2) is 60.8 Å². The number of nitrogens with zero attached hydrogens (tertiary/aromatic N) is 2. The normalized spacial score (nSPS) is 16.9. The van der Waals surface area contributed by atoms with Crippen molar-refractivity contribution in [3.63, 3.8) is 0 Å². The summed E-state index contributed by atoms with van der Waals surface area (Å²) in [4.78, 5) is 2.57. The second-order valence-electron chi connectivity index (χ2n) is 8.33. The van der Waals surface area contributed by atoms with Crippen molar-refractivity contribution in [3.8, 4) is 11.5 Å². The summed E-state index contributed by atoms with van der Waals surface area (Å²) in [6.07, 6.45) is 3.31. The molecule has 3 aromatic rings. The average Bonchev–Trinajstić information content (AvgIpc) is 3.15. The molecule has 0 amide bonds. The highest BCUT2D eigenvalue weighted by Crippen LogP contribution is 2.41. The van der Waals surface area contributed by atoms with Gasteiger partial charge in [0, 0.05) is 37.1 Å². The van der Waals surface area contributed by atoms with E-state index >= 15 is 0 Å². The van der Waals surface area contributed by atoms with Crippen molar-refractivity contribution in [3.05, 3.63) is 83.2 Å². The van der Waals surface area contributed by atoms with Crippen molar-refractivity contribution in [2.24, 2.45) is 0 Å². The van der Waals surface area contributed by atoms with E-state index in [1.807, 2.05) is 6.07 Å². The molecule has 4 nitrogen and oxygen atoms in total. The van der Waals surface area contributed by atoms with Gasteiger partial charge in [-0.05, 0) is 41.7 Å². The quantitative estimate of drug-likeness (QED) is 0.533. The molecule has 0 spiro atoms. The SMILES string of the molecule is COc1cccc(C2c3cccn3CCCN2Cc2ccc(C(C)C)cc2)c1OC. The summed E-state index contributed by atoms with van der Waals surface area (Å²) in [7, 11) is 3.43. The molecule has 4 rings (SSSR count). The van der Waals surface area contributed by atoms with Gasteiger partial charge in [-0.1, -0.05) is 50.2 Å². The molecule has 158 valence electrons. The molecule has 30 heavy (non-hydrogen) atoms. The van der Waals surface area contributed by atoms with Crippen molar-refractivity contribution >= 4 is 0 Å². The van der Waals surface area contributed by atoms with Crippen LogP contribution in [0.4, 0.5) is 0 Å². The molecule has 0 saturated carbocycles. The third kappa shape index (κ3) is 3.97. The maximum Gasteiger partial charge on any atom is 0.165 e. The summed E-state index contributed by atoms with van der Waals surface area (Å²) in [5.41, 5.74) is 5.18. The van der Waals surface area contributed by atoms with Crippen LogP contribution in [-0.2, 0) is 13.1 Å². The number of para-hydroxylation sites is 1. The van der Waals surface area contributed by atoms with Gasteiger partial charge in [-0.15, -0.1) is 0 Å². The van der Waals surface area contributed by atoms with Crippen molar-refractivity contribution in [1.82, 2.24) is 9.47 Å². The van der Waals surface area contributed by atoms with Crippen LogP contribution in [0.1, 0.15) is 54.6 Å². The predicted molar refractivity (Wildman–Crippen MR) is 121 cm³/mol. The number of hydrogen-bond donors (Lipinski definition) is 0. The van der Waals surface area contributed by atoms with Crippen molar-refractivity contribution < 1.29 is 9.47 Å². The van der Waals surface area contributed by atoms with Gasteiger partial charge in [-0.25, -0.2) is 0 Å². The lowest BCUT2D eigenvalue weighted by Crippen LogP contribution is -2.30. The minimum Gasteiger partial charge on any atom is -0.493 e. The second kappa shape index (κ2) is 8.97. The zero-order valence-corrected chi connectivity index (χ0v) is 18.5. The summed E-state index contributed by atoms with van der Waals surface area (Å²) < 4.78 is 13.8. The molecular weight excluding hydrogens is 372 g/mol. The Labute approximate surface area is 180 Å². The number of benzene rings is 2. The fraction of sp³-hybridized carbons (Fsp3) is 0.385. The van der Waals surface area contributed by atoms with Crippen molar-refractivity contribution in [2.45, 2.75) is 45.3 Å². The number of rotatable bonds is 6. The van der Waals surface area contributed by atoms with Crippen molar-refractivity contribution in [2.75, 3.05) is 20.8 Å². The third-order valence-electron chi connectivity index (χ3n) is 6.11. The first-order valence-electron chi connectivity index (χ1n) is 10.8. The first-order chi connectivity index (χ1) is 14.6. The van der Waals surface area contributed by atoms with Gasteiger partial charge in [-0.2, -0.15) is 0 Å². The van der Waals surface area contributed by atoms with Crippen LogP contribution in [0.3, 0.4) is 0 Å². The van der Waals surface area contributed by atoms with E-state index in [1.54, 1.807) is 14.2 Å². The number of fused-ring (bicyclic) bond motifs is 1. The van der Waals surface area contributed by atoms with Crippen LogP contribution in [0.25, 0.3) is 0 Å². The average molecular weight is 405 g/mol. The lowest BCUT2D eigenvalue weighted by molar-refractivity contribution is 0.215. The maximum absolute atomic E-state index is 5.83. The number of methoxy groups -OCH3 is 2. The molecule has 1 aliphatic heterocycles. The fourth-order valence-corrected chi connectivity index (χ4v) is 4.54. The van der Waals surface area contributed by atoms with E-state index in [9.17, 15) is 0 Å². The van der Waals surface area contributed by atoms with E-state index in [4.69, 9.17) is 9.47 Å². The third-order valence-corrected chi connectivity index (χ3v) is 6.11. The van der Waals surface area contributed by atoms with Gasteiger partial charge >= 0.3 is 0 Å². The standard InChI is InChI=1S/C26H32N2O2/c1-19(2)21-13-11-20(12-14-21)18-28-17-7-16-27-15-6-9-23(27)25(28)22-8-5-10-24(29-3)26(22)30-4/h5-6,8-15,19,25H,7,16-18H2,1-4H3. The number of ether oxygens (including phenoxy) is 2. The molecule has 0 bridgehead atoms. The fourth-order valence-electron chi connectivity index (χ4n) is 4.54. The Morgan fingerprint density at radius 2 is 1.73 bits per heavy atom. The number of aryl methyl sites for hydroxylation is 1. The van der Waals surface area contributed by atoms with Crippen LogP contribution in [-0.4, -0.2) is 30.2 Å². The summed E-state index contributed by atoms with van der Waals surface area (Å²) in [6.45, 7) is 7.44. The number of aromatic nitrogens is 1. The molecule has 0 saturated heterocycles. The van der Waals surface area contributed by atoms with Crippen molar-refractivity contribution in [1.29, 1.82) is 0 Å². The Balaban J connectivity index is 1.75. The molecule has 1 atom stereocenters. The topological polar surface area (TPSA) is 26.6 Å². The molecule has 0 fully saturated rings. The van der Waals surface area contributed by atoms with E-state index in [0.29, 0.717) is 5.92 Å². The highest BCUT2D eigenvalue weighted by atomic mass is 16.5. The lowest BCUT2D eigenvalue weighted by Gasteiger charge is -2.32. The van der Waals surface area contributed by atoms with Crippen LogP contribution in [0.5, 0.6) is 11.5 Å². The van der Waals surface area contributed by atoms with Gasteiger partial charge in [-0.3, -0.25) is 4.90 Å². The summed E-state index contributed by atoms with van der Waals surface area (Å²) in [5.74, 6) is 2.15. The van der Waals surface area contributed by atoms with Crippen LogP contribution in [0, 0.1) is 0 Å². The largest absolute Gasteiger partial charge is 0.493 e. The number of hydrogen-bond acceptors (Lipinski definition) is 3. The first kappa shape index (κ1) is 20.5. The molecule has 2 aromatic carbocycles. The van der Waals surface area contributed by atoms with Gasteiger partial charge in [0.2, 0.25) is 0 Å². The molecule has 0 radical (unpaired) electrons. The van der Waals surface area contributed by atoms with E-state index in [2.05, 4.69) is 78.0 Å². The monoisotopic (exact) mass is 404 g/mol. The molecular formula is C26H32N2O2. The van der Waals surface area contributed by atoms with Gasteiger partial charge in [0.1, 0.15) is 0 Å². The Morgan fingerprint density at radius 3 is 2.43 bits per heavy atom. The first-order valence-corrected chi connectivity index (χ1v) is 10.8. The molecule has 0 aliphatic carbocycles. The van der Waals surface area contributed by atoms with E-state index < -0.39 is 0 Å². The van der Waals surface area contributed by atoms with Crippen LogP contribution < -0.4 is 9.47 Å². The highest BCUT2D eigenvalue weighted by Gasteiger charge is 2.30. The molecule has 1 unspecified atom stereocenters. The van der Waals surface area contributed by atoms with Crippen LogP contribution in [0.2, 0.25) is 0 Å². The molecule has 4 heteroatoms. The Bertz CT molecular complexity index is 975. The second-order valence-corrected chi connectivity index (χ2v) is 8.33.